The molecule has 3 rings (SSSR count). The molecule has 0 spiro atoms. The van der Waals surface area contributed by atoms with Crippen molar-refractivity contribution in [2.75, 3.05) is 12.3 Å². The van der Waals surface area contributed by atoms with E-state index >= 15 is 0 Å². The highest BCUT2D eigenvalue weighted by Crippen LogP contribution is 2.32. The maximum absolute atomic E-state index is 13.7. The molecule has 2 N–H and O–H groups in total. The van der Waals surface area contributed by atoms with E-state index in [1.807, 2.05) is 17.8 Å². The molecule has 0 aromatic heterocycles. The molecule has 1 saturated heterocycles. The van der Waals surface area contributed by atoms with Crippen molar-refractivity contribution in [1.82, 2.24) is 10.6 Å². The van der Waals surface area contributed by atoms with Crippen LogP contribution in [0.3, 0.4) is 0 Å². The number of hydrogen-bond donors (Lipinski definition) is 2. The highest BCUT2D eigenvalue weighted by molar-refractivity contribution is 7.99. The average Bonchev–Trinajstić information content (AvgIpc) is 2.66. The maximum Gasteiger partial charge on any atom is 0.123 e. The first-order valence-corrected chi connectivity index (χ1v) is 10.2. The van der Waals surface area contributed by atoms with Crippen LogP contribution in [0.4, 0.5) is 4.39 Å². The molecule has 0 amide bonds. The topological polar surface area (TPSA) is 24.1 Å². The predicted octanol–water partition coefficient (Wildman–Crippen LogP) is 5.05. The van der Waals surface area contributed by atoms with Crippen LogP contribution >= 0.6 is 11.8 Å². The summed E-state index contributed by atoms with van der Waals surface area (Å²) in [4.78, 5) is 0. The van der Waals surface area contributed by atoms with Crippen molar-refractivity contribution in [3.05, 3.63) is 71.5 Å². The summed E-state index contributed by atoms with van der Waals surface area (Å²) in [6, 6.07) is 18.3. The summed E-state index contributed by atoms with van der Waals surface area (Å²) >= 11 is 1.87. The molecule has 134 valence electrons. The van der Waals surface area contributed by atoms with Crippen LogP contribution in [0.5, 0.6) is 0 Å². The number of thioether (sulfide) groups is 1. The third kappa shape index (κ3) is 5.06. The largest absolute Gasteiger partial charge is 0.309 e. The van der Waals surface area contributed by atoms with E-state index in [0.29, 0.717) is 12.1 Å². The van der Waals surface area contributed by atoms with Crippen molar-refractivity contribution in [1.29, 1.82) is 0 Å². The van der Waals surface area contributed by atoms with Gasteiger partial charge < -0.3 is 5.32 Å². The molecular formula is C21H27FN2S. The summed E-state index contributed by atoms with van der Waals surface area (Å²) < 4.78 is 13.7. The Morgan fingerprint density at radius 2 is 2.04 bits per heavy atom. The fourth-order valence-electron chi connectivity index (χ4n) is 3.42. The minimum atomic E-state index is -0.164. The zero-order valence-corrected chi connectivity index (χ0v) is 15.6. The minimum absolute atomic E-state index is 0.117. The van der Waals surface area contributed by atoms with Gasteiger partial charge in [-0.05, 0) is 54.8 Å². The molecule has 25 heavy (non-hydrogen) atoms. The lowest BCUT2D eigenvalue weighted by Crippen LogP contribution is -2.46. The van der Waals surface area contributed by atoms with Gasteiger partial charge in [-0.3, -0.25) is 5.32 Å². The Kier molecular flexibility index (Phi) is 6.91. The molecule has 0 saturated carbocycles. The van der Waals surface area contributed by atoms with Crippen LogP contribution in [-0.4, -0.2) is 18.3 Å². The van der Waals surface area contributed by atoms with Gasteiger partial charge in [0.1, 0.15) is 5.82 Å². The number of rotatable bonds is 7. The Labute approximate surface area is 154 Å². The fraction of sp³-hybridized carbons (Fsp3) is 0.429. The second-order valence-electron chi connectivity index (χ2n) is 6.56. The van der Waals surface area contributed by atoms with Crippen molar-refractivity contribution in [2.45, 2.75) is 43.6 Å². The molecule has 4 heteroatoms. The van der Waals surface area contributed by atoms with E-state index in [1.54, 1.807) is 12.1 Å². The van der Waals surface area contributed by atoms with Crippen LogP contribution in [-0.2, 0) is 0 Å². The van der Waals surface area contributed by atoms with Crippen molar-refractivity contribution < 1.29 is 4.39 Å². The first-order chi connectivity index (χ1) is 12.3. The molecule has 1 heterocycles. The molecule has 2 aromatic carbocycles. The Bertz CT molecular complexity index is 649. The summed E-state index contributed by atoms with van der Waals surface area (Å²) in [6.45, 7) is 3.23. The van der Waals surface area contributed by atoms with Gasteiger partial charge in [0, 0.05) is 12.1 Å². The highest BCUT2D eigenvalue weighted by Gasteiger charge is 2.28. The molecule has 1 aliphatic heterocycles. The summed E-state index contributed by atoms with van der Waals surface area (Å²) in [6.07, 6.45) is 3.41. The molecule has 1 aliphatic rings. The van der Waals surface area contributed by atoms with Crippen molar-refractivity contribution in [2.24, 2.45) is 0 Å². The van der Waals surface area contributed by atoms with Gasteiger partial charge in [-0.15, -0.1) is 11.8 Å². The van der Waals surface area contributed by atoms with Crippen molar-refractivity contribution >= 4 is 11.8 Å². The summed E-state index contributed by atoms with van der Waals surface area (Å²) in [5, 5.41) is 7.60. The first kappa shape index (κ1) is 18.4. The molecule has 0 aliphatic carbocycles. The van der Waals surface area contributed by atoms with Crippen molar-refractivity contribution in [3.63, 3.8) is 0 Å². The van der Waals surface area contributed by atoms with Gasteiger partial charge in [0.05, 0.1) is 5.37 Å². The number of nitrogens with one attached hydrogen (secondary N) is 2. The number of halogens is 1. The van der Waals surface area contributed by atoms with E-state index in [0.717, 1.165) is 37.1 Å². The molecule has 1 fully saturated rings. The lowest BCUT2D eigenvalue weighted by Gasteiger charge is -2.36. The van der Waals surface area contributed by atoms with Gasteiger partial charge in [-0.25, -0.2) is 4.39 Å². The van der Waals surface area contributed by atoms with Crippen LogP contribution in [0.15, 0.2) is 54.6 Å². The van der Waals surface area contributed by atoms with E-state index in [9.17, 15) is 4.39 Å². The van der Waals surface area contributed by atoms with Gasteiger partial charge in [-0.1, -0.05) is 49.4 Å². The molecule has 2 aromatic rings. The predicted molar refractivity (Wildman–Crippen MR) is 105 cm³/mol. The second kappa shape index (κ2) is 9.37. The van der Waals surface area contributed by atoms with E-state index in [4.69, 9.17) is 0 Å². The van der Waals surface area contributed by atoms with Gasteiger partial charge in [0.25, 0.3) is 0 Å². The lowest BCUT2D eigenvalue weighted by molar-refractivity contribution is 0.302. The SMILES string of the molecule is CCCSC(N[C@H]1CCCN[C@H]1c1ccccc1)c1cccc(F)c1. The van der Waals surface area contributed by atoms with Crippen LogP contribution in [0.25, 0.3) is 0 Å². The van der Waals surface area contributed by atoms with Crippen LogP contribution in [0.1, 0.15) is 48.7 Å². The number of hydrogen-bond acceptors (Lipinski definition) is 3. The molecule has 0 radical (unpaired) electrons. The fourth-order valence-corrected chi connectivity index (χ4v) is 4.50. The zero-order valence-electron chi connectivity index (χ0n) is 14.7. The molecular weight excluding hydrogens is 331 g/mol. The zero-order chi connectivity index (χ0) is 17.5. The van der Waals surface area contributed by atoms with E-state index < -0.39 is 0 Å². The Morgan fingerprint density at radius 1 is 1.20 bits per heavy atom. The molecule has 2 nitrogen and oxygen atoms in total. The van der Waals surface area contributed by atoms with Gasteiger partial charge >= 0.3 is 0 Å². The highest BCUT2D eigenvalue weighted by atomic mass is 32.2. The quantitative estimate of drug-likeness (QED) is 0.677. The van der Waals surface area contributed by atoms with Gasteiger partial charge in [-0.2, -0.15) is 0 Å². The van der Waals surface area contributed by atoms with Crippen LogP contribution in [0.2, 0.25) is 0 Å². The van der Waals surface area contributed by atoms with Crippen LogP contribution < -0.4 is 10.6 Å². The summed E-state index contributed by atoms with van der Waals surface area (Å²) in [7, 11) is 0. The summed E-state index contributed by atoms with van der Waals surface area (Å²) in [5.74, 6) is 0.896. The molecule has 0 bridgehead atoms. The van der Waals surface area contributed by atoms with E-state index in [-0.39, 0.29) is 11.2 Å². The number of piperidine rings is 1. The first-order valence-electron chi connectivity index (χ1n) is 9.19. The van der Waals surface area contributed by atoms with Gasteiger partial charge in [0.15, 0.2) is 0 Å². The maximum atomic E-state index is 13.7. The third-order valence-corrected chi connectivity index (χ3v) is 6.01. The normalized spacial score (nSPS) is 21.8. The second-order valence-corrected chi connectivity index (χ2v) is 7.78. The minimum Gasteiger partial charge on any atom is -0.309 e. The van der Waals surface area contributed by atoms with E-state index in [2.05, 4.69) is 47.9 Å². The molecule has 1 unspecified atom stereocenters. The Balaban J connectivity index is 1.78. The monoisotopic (exact) mass is 358 g/mol. The van der Waals surface area contributed by atoms with Crippen molar-refractivity contribution in [3.8, 4) is 0 Å². The standard InChI is InChI=1S/C21H27FN2S/c1-2-14-25-21(17-10-6-11-18(22)15-17)24-19-12-7-13-23-20(19)16-8-4-3-5-9-16/h3-6,8-11,15,19-21,23-24H,2,7,12-14H2,1H3/t19-,20-,21?/m0/s1. The molecule has 3 atom stereocenters. The van der Waals surface area contributed by atoms with Gasteiger partial charge in [0.2, 0.25) is 0 Å². The Hall–Kier alpha value is -1.36. The smallest absolute Gasteiger partial charge is 0.123 e. The Morgan fingerprint density at radius 3 is 2.80 bits per heavy atom. The van der Waals surface area contributed by atoms with Crippen LogP contribution in [0, 0.1) is 5.82 Å². The summed E-state index contributed by atoms with van der Waals surface area (Å²) in [5.41, 5.74) is 2.34. The lowest BCUT2D eigenvalue weighted by atomic mass is 9.92. The average molecular weight is 359 g/mol. The third-order valence-electron chi connectivity index (χ3n) is 4.62. The number of benzene rings is 2. The van der Waals surface area contributed by atoms with E-state index in [1.165, 1.54) is 11.6 Å².